The average Bonchev–Trinajstić information content (AvgIpc) is 2.41. The zero-order valence-electron chi connectivity index (χ0n) is 8.04. The molecule has 0 amide bonds. The summed E-state index contributed by atoms with van der Waals surface area (Å²) in [6, 6.07) is 4.86. The van der Waals surface area contributed by atoms with Gasteiger partial charge >= 0.3 is 0 Å². The van der Waals surface area contributed by atoms with E-state index in [-0.39, 0.29) is 5.82 Å². The van der Waals surface area contributed by atoms with Crippen molar-refractivity contribution in [3.05, 3.63) is 35.3 Å². The molecule has 3 heteroatoms. The van der Waals surface area contributed by atoms with Crippen LogP contribution in [0.5, 0.6) is 0 Å². The predicted octanol–water partition coefficient (Wildman–Crippen LogP) is 2.44. The van der Waals surface area contributed by atoms with Crippen LogP contribution >= 0.6 is 0 Å². The summed E-state index contributed by atoms with van der Waals surface area (Å²) >= 11 is 0. The Morgan fingerprint density at radius 1 is 1.43 bits per heavy atom. The second-order valence-corrected chi connectivity index (χ2v) is 3.32. The van der Waals surface area contributed by atoms with Crippen molar-refractivity contribution in [1.29, 1.82) is 0 Å². The number of benzene rings is 1. The Kier molecular flexibility index (Phi) is 1.88. The lowest BCUT2D eigenvalue weighted by atomic mass is 10.1. The summed E-state index contributed by atoms with van der Waals surface area (Å²) in [5.74, 6) is -0.274. The average molecular weight is 191 g/mol. The molecule has 2 nitrogen and oxygen atoms in total. The molecule has 0 fully saturated rings. The summed E-state index contributed by atoms with van der Waals surface area (Å²) < 4.78 is 15.2. The molecular formula is C11H10FNO. The fraction of sp³-hybridized carbons (Fsp3) is 0.182. The van der Waals surface area contributed by atoms with Gasteiger partial charge in [0, 0.05) is 12.4 Å². The van der Waals surface area contributed by atoms with Crippen molar-refractivity contribution in [3.63, 3.8) is 0 Å². The van der Waals surface area contributed by atoms with Gasteiger partial charge in [-0.3, -0.25) is 4.79 Å². The topological polar surface area (TPSA) is 22.0 Å². The largest absolute Gasteiger partial charge is 0.341 e. The SMILES string of the molecule is Cc1c(C=O)n(C)c2cccc(F)c12. The third-order valence-electron chi connectivity index (χ3n) is 2.59. The van der Waals surface area contributed by atoms with Crippen LogP contribution in [-0.2, 0) is 7.05 Å². The standard InChI is InChI=1S/C11H10FNO/c1-7-10(6-14)13(2)9-5-3-4-8(12)11(7)9/h3-6H,1-2H3. The molecule has 0 unspecified atom stereocenters. The second-order valence-electron chi connectivity index (χ2n) is 3.32. The number of carbonyl (C=O) groups is 1. The third-order valence-corrected chi connectivity index (χ3v) is 2.59. The van der Waals surface area contributed by atoms with E-state index in [1.807, 2.05) is 0 Å². The Bertz CT molecular complexity index is 513. The van der Waals surface area contributed by atoms with E-state index in [2.05, 4.69) is 0 Å². The zero-order valence-corrected chi connectivity index (χ0v) is 8.04. The molecule has 0 bridgehead atoms. The Hall–Kier alpha value is -1.64. The lowest BCUT2D eigenvalue weighted by molar-refractivity contribution is 0.111. The minimum atomic E-state index is -0.274. The quantitative estimate of drug-likeness (QED) is 0.634. The van der Waals surface area contributed by atoms with Crippen LogP contribution in [0.2, 0.25) is 0 Å². The fourth-order valence-corrected chi connectivity index (χ4v) is 1.84. The van der Waals surface area contributed by atoms with Crippen LogP contribution in [0.25, 0.3) is 10.9 Å². The minimum absolute atomic E-state index is 0.274. The molecule has 0 saturated heterocycles. The number of rotatable bonds is 1. The highest BCUT2D eigenvalue weighted by Crippen LogP contribution is 2.25. The first kappa shape index (κ1) is 8.94. The number of carbonyl (C=O) groups excluding carboxylic acids is 1. The molecule has 0 aliphatic carbocycles. The summed E-state index contributed by atoms with van der Waals surface area (Å²) in [5, 5.41) is 0.539. The Morgan fingerprint density at radius 3 is 2.71 bits per heavy atom. The maximum atomic E-state index is 13.4. The van der Waals surface area contributed by atoms with Gasteiger partial charge in [-0.1, -0.05) is 6.07 Å². The van der Waals surface area contributed by atoms with Crippen LogP contribution in [0, 0.1) is 12.7 Å². The van der Waals surface area contributed by atoms with Gasteiger partial charge in [0.25, 0.3) is 0 Å². The van der Waals surface area contributed by atoms with Gasteiger partial charge in [-0.15, -0.1) is 0 Å². The van der Waals surface area contributed by atoms with Crippen molar-refractivity contribution < 1.29 is 9.18 Å². The summed E-state index contributed by atoms with van der Waals surface area (Å²) in [5.41, 5.74) is 1.99. The maximum absolute atomic E-state index is 13.4. The highest BCUT2D eigenvalue weighted by molar-refractivity contribution is 5.93. The van der Waals surface area contributed by atoms with E-state index in [0.29, 0.717) is 16.6 Å². The first-order valence-corrected chi connectivity index (χ1v) is 4.35. The van der Waals surface area contributed by atoms with Crippen molar-refractivity contribution in [2.24, 2.45) is 7.05 Å². The maximum Gasteiger partial charge on any atom is 0.166 e. The van der Waals surface area contributed by atoms with E-state index < -0.39 is 0 Å². The molecule has 1 aromatic heterocycles. The number of hydrogen-bond acceptors (Lipinski definition) is 1. The van der Waals surface area contributed by atoms with E-state index in [1.54, 1.807) is 30.7 Å². The van der Waals surface area contributed by atoms with Crippen LogP contribution in [0.1, 0.15) is 16.1 Å². The molecule has 2 aromatic rings. The smallest absolute Gasteiger partial charge is 0.166 e. The van der Waals surface area contributed by atoms with Crippen LogP contribution in [0.15, 0.2) is 18.2 Å². The van der Waals surface area contributed by atoms with E-state index in [4.69, 9.17) is 0 Å². The van der Waals surface area contributed by atoms with Gasteiger partial charge in [0.1, 0.15) is 5.82 Å². The number of halogens is 1. The molecule has 0 saturated carbocycles. The van der Waals surface area contributed by atoms with Crippen molar-refractivity contribution in [1.82, 2.24) is 4.57 Å². The van der Waals surface area contributed by atoms with Crippen molar-refractivity contribution >= 4 is 17.2 Å². The molecule has 0 atom stereocenters. The molecule has 0 spiro atoms. The summed E-state index contributed by atoms with van der Waals surface area (Å²) in [4.78, 5) is 10.8. The van der Waals surface area contributed by atoms with Gasteiger partial charge < -0.3 is 4.57 Å². The molecule has 0 radical (unpaired) electrons. The Morgan fingerprint density at radius 2 is 2.14 bits per heavy atom. The van der Waals surface area contributed by atoms with E-state index in [9.17, 15) is 9.18 Å². The van der Waals surface area contributed by atoms with Crippen molar-refractivity contribution in [3.8, 4) is 0 Å². The number of hydrogen-bond donors (Lipinski definition) is 0. The van der Waals surface area contributed by atoms with Gasteiger partial charge in [-0.25, -0.2) is 4.39 Å². The number of aldehydes is 1. The number of aromatic nitrogens is 1. The van der Waals surface area contributed by atoms with Crippen LogP contribution < -0.4 is 0 Å². The number of nitrogens with zero attached hydrogens (tertiary/aromatic N) is 1. The van der Waals surface area contributed by atoms with Gasteiger partial charge in [-0.2, -0.15) is 0 Å². The third kappa shape index (κ3) is 0.985. The van der Waals surface area contributed by atoms with E-state index in [0.717, 1.165) is 11.8 Å². The normalized spacial score (nSPS) is 10.8. The summed E-state index contributed by atoms with van der Waals surface area (Å²) in [7, 11) is 1.76. The van der Waals surface area contributed by atoms with Gasteiger partial charge in [-0.05, 0) is 24.6 Å². The monoisotopic (exact) mass is 191 g/mol. The summed E-state index contributed by atoms with van der Waals surface area (Å²) in [6.45, 7) is 1.76. The molecule has 72 valence electrons. The molecule has 0 aliphatic rings. The summed E-state index contributed by atoms with van der Waals surface area (Å²) in [6.07, 6.45) is 0.759. The minimum Gasteiger partial charge on any atom is -0.341 e. The second kappa shape index (κ2) is 2.94. The van der Waals surface area contributed by atoms with Gasteiger partial charge in [0.05, 0.1) is 11.2 Å². The number of aryl methyl sites for hydroxylation is 2. The first-order chi connectivity index (χ1) is 6.66. The predicted molar refractivity (Wildman–Crippen MR) is 53.0 cm³/mol. The molecule has 0 N–H and O–H groups in total. The molecule has 1 aromatic carbocycles. The zero-order chi connectivity index (χ0) is 10.3. The van der Waals surface area contributed by atoms with Crippen molar-refractivity contribution in [2.75, 3.05) is 0 Å². The van der Waals surface area contributed by atoms with Gasteiger partial charge in [0.15, 0.2) is 6.29 Å². The Labute approximate surface area is 81.0 Å². The van der Waals surface area contributed by atoms with Crippen LogP contribution in [0.4, 0.5) is 4.39 Å². The lowest BCUT2D eigenvalue weighted by Gasteiger charge is -1.96. The van der Waals surface area contributed by atoms with Crippen molar-refractivity contribution in [2.45, 2.75) is 6.92 Å². The first-order valence-electron chi connectivity index (χ1n) is 4.35. The molecule has 14 heavy (non-hydrogen) atoms. The van der Waals surface area contributed by atoms with Crippen LogP contribution in [0.3, 0.4) is 0 Å². The number of fused-ring (bicyclic) bond motifs is 1. The molecular weight excluding hydrogens is 181 g/mol. The fourth-order valence-electron chi connectivity index (χ4n) is 1.84. The molecule has 2 rings (SSSR count). The van der Waals surface area contributed by atoms with E-state index >= 15 is 0 Å². The Balaban J connectivity index is 3.01. The van der Waals surface area contributed by atoms with E-state index in [1.165, 1.54) is 6.07 Å². The highest BCUT2D eigenvalue weighted by atomic mass is 19.1. The highest BCUT2D eigenvalue weighted by Gasteiger charge is 2.13. The van der Waals surface area contributed by atoms with Gasteiger partial charge in [0.2, 0.25) is 0 Å². The molecule has 1 heterocycles. The van der Waals surface area contributed by atoms with Crippen LogP contribution in [-0.4, -0.2) is 10.9 Å². The molecule has 0 aliphatic heterocycles. The lowest BCUT2D eigenvalue weighted by Crippen LogP contribution is -1.94.